The summed E-state index contributed by atoms with van der Waals surface area (Å²) in [4.78, 5) is 33.5. The molecule has 0 radical (unpaired) electrons. The summed E-state index contributed by atoms with van der Waals surface area (Å²) in [6, 6.07) is 11.1. The van der Waals surface area contributed by atoms with Gasteiger partial charge in [0.2, 0.25) is 0 Å². The zero-order chi connectivity index (χ0) is 19.5. The first-order chi connectivity index (χ1) is 13.7. The minimum absolute atomic E-state index is 0.00440. The molecule has 7 nitrogen and oxygen atoms in total. The van der Waals surface area contributed by atoms with E-state index in [-0.39, 0.29) is 11.8 Å². The summed E-state index contributed by atoms with van der Waals surface area (Å²) in [6.07, 6.45) is 2.58. The van der Waals surface area contributed by atoms with E-state index in [1.165, 1.54) is 0 Å². The van der Waals surface area contributed by atoms with Crippen LogP contribution in [-0.2, 0) is 6.54 Å². The van der Waals surface area contributed by atoms with E-state index in [0.717, 1.165) is 43.1 Å². The van der Waals surface area contributed by atoms with E-state index in [2.05, 4.69) is 15.2 Å². The summed E-state index contributed by atoms with van der Waals surface area (Å²) in [5.41, 5.74) is 1.96. The lowest BCUT2D eigenvalue weighted by molar-refractivity contribution is 0.0976. The minimum atomic E-state index is -0.222. The van der Waals surface area contributed by atoms with Crippen LogP contribution in [0.4, 0.5) is 16.3 Å². The standard InChI is InChI=1S/C21H24N4O3/c1-28-16-6-4-15(5-7-16)14-22-21(27)25-13-10-18(26)20-17(25)8-9-19(23-20)24-11-2-3-12-24/h4-9H,2-3,10-14H2,1H3,(H,22,27). The summed E-state index contributed by atoms with van der Waals surface area (Å²) in [5, 5.41) is 2.93. The number of methoxy groups -OCH3 is 1. The molecule has 1 aromatic carbocycles. The second kappa shape index (κ2) is 7.88. The molecule has 2 aliphatic heterocycles. The molecule has 0 saturated carbocycles. The van der Waals surface area contributed by atoms with Crippen LogP contribution in [0, 0.1) is 0 Å². The fraction of sp³-hybridized carbons (Fsp3) is 0.381. The highest BCUT2D eigenvalue weighted by molar-refractivity contribution is 6.07. The van der Waals surface area contributed by atoms with Crippen LogP contribution in [0.5, 0.6) is 5.75 Å². The number of carbonyl (C=O) groups is 2. The van der Waals surface area contributed by atoms with E-state index in [4.69, 9.17) is 4.74 Å². The number of amides is 2. The number of anilines is 2. The molecule has 1 saturated heterocycles. The lowest BCUT2D eigenvalue weighted by Gasteiger charge is -2.29. The molecule has 0 aliphatic carbocycles. The van der Waals surface area contributed by atoms with Crippen LogP contribution < -0.4 is 19.9 Å². The molecule has 2 aromatic rings. The van der Waals surface area contributed by atoms with Crippen molar-refractivity contribution in [1.82, 2.24) is 10.3 Å². The van der Waals surface area contributed by atoms with Crippen molar-refractivity contribution in [1.29, 1.82) is 0 Å². The molecular formula is C21H24N4O3. The first-order valence-electron chi connectivity index (χ1n) is 9.63. The average molecular weight is 380 g/mol. The van der Waals surface area contributed by atoms with Gasteiger partial charge >= 0.3 is 6.03 Å². The van der Waals surface area contributed by atoms with Crippen molar-refractivity contribution in [2.45, 2.75) is 25.8 Å². The van der Waals surface area contributed by atoms with Crippen molar-refractivity contribution in [2.24, 2.45) is 0 Å². The minimum Gasteiger partial charge on any atom is -0.497 e. The molecule has 1 fully saturated rings. The number of fused-ring (bicyclic) bond motifs is 1. The fourth-order valence-electron chi connectivity index (χ4n) is 3.67. The number of ether oxygens (including phenoxy) is 1. The van der Waals surface area contributed by atoms with Crippen molar-refractivity contribution in [3.05, 3.63) is 47.7 Å². The molecule has 0 unspecified atom stereocenters. The van der Waals surface area contributed by atoms with Crippen LogP contribution in [0.2, 0.25) is 0 Å². The fourth-order valence-corrected chi connectivity index (χ4v) is 3.67. The molecule has 28 heavy (non-hydrogen) atoms. The Balaban J connectivity index is 1.48. The summed E-state index contributed by atoms with van der Waals surface area (Å²) in [7, 11) is 1.62. The third kappa shape index (κ3) is 3.65. The second-order valence-electron chi connectivity index (χ2n) is 7.06. The molecule has 1 N–H and O–H groups in total. The SMILES string of the molecule is COc1ccc(CNC(=O)N2CCC(=O)c3nc(N4CCCC4)ccc32)cc1. The van der Waals surface area contributed by atoms with Crippen molar-refractivity contribution in [3.63, 3.8) is 0 Å². The maximum Gasteiger partial charge on any atom is 0.322 e. The van der Waals surface area contributed by atoms with Crippen LogP contribution in [0.1, 0.15) is 35.3 Å². The number of benzene rings is 1. The lowest BCUT2D eigenvalue weighted by Crippen LogP contribution is -2.44. The van der Waals surface area contributed by atoms with Gasteiger partial charge in [-0.2, -0.15) is 0 Å². The highest BCUT2D eigenvalue weighted by Gasteiger charge is 2.29. The number of aromatic nitrogens is 1. The van der Waals surface area contributed by atoms with Crippen LogP contribution in [0.15, 0.2) is 36.4 Å². The predicted molar refractivity (Wildman–Crippen MR) is 107 cm³/mol. The third-order valence-corrected chi connectivity index (χ3v) is 5.25. The Labute approximate surface area is 164 Å². The molecule has 146 valence electrons. The van der Waals surface area contributed by atoms with Crippen molar-refractivity contribution >= 4 is 23.3 Å². The van der Waals surface area contributed by atoms with E-state index in [0.29, 0.717) is 30.9 Å². The Bertz CT molecular complexity index is 876. The van der Waals surface area contributed by atoms with Crippen LogP contribution in [0.3, 0.4) is 0 Å². The quantitative estimate of drug-likeness (QED) is 0.883. The van der Waals surface area contributed by atoms with Crippen LogP contribution in [-0.4, -0.2) is 43.5 Å². The largest absolute Gasteiger partial charge is 0.497 e. The van der Waals surface area contributed by atoms with Gasteiger partial charge in [0, 0.05) is 32.6 Å². The Morgan fingerprint density at radius 1 is 1.11 bits per heavy atom. The molecule has 7 heteroatoms. The molecular weight excluding hydrogens is 356 g/mol. The van der Waals surface area contributed by atoms with Gasteiger partial charge in [-0.15, -0.1) is 0 Å². The molecule has 2 aliphatic rings. The molecule has 0 atom stereocenters. The van der Waals surface area contributed by atoms with Gasteiger partial charge in [0.1, 0.15) is 17.3 Å². The number of nitrogens with zero attached hydrogens (tertiary/aromatic N) is 3. The van der Waals surface area contributed by atoms with Gasteiger partial charge in [-0.05, 0) is 42.7 Å². The van der Waals surface area contributed by atoms with E-state index in [9.17, 15) is 9.59 Å². The van der Waals surface area contributed by atoms with Gasteiger partial charge in [0.15, 0.2) is 5.78 Å². The number of ketones is 1. The third-order valence-electron chi connectivity index (χ3n) is 5.25. The van der Waals surface area contributed by atoms with E-state index in [1.807, 2.05) is 36.4 Å². The molecule has 0 spiro atoms. The maximum atomic E-state index is 12.7. The average Bonchev–Trinajstić information content (AvgIpc) is 3.27. The zero-order valence-corrected chi connectivity index (χ0v) is 16.0. The molecule has 1 aromatic heterocycles. The molecule has 2 amide bonds. The first kappa shape index (κ1) is 18.3. The van der Waals surface area contributed by atoms with Crippen molar-refractivity contribution in [3.8, 4) is 5.75 Å². The second-order valence-corrected chi connectivity index (χ2v) is 7.06. The number of nitrogens with one attached hydrogen (secondary N) is 1. The highest BCUT2D eigenvalue weighted by Crippen LogP contribution is 2.29. The van der Waals surface area contributed by atoms with E-state index >= 15 is 0 Å². The molecule has 3 heterocycles. The number of Topliss-reactive ketones (excluding diaryl/α,β-unsaturated/α-hetero) is 1. The highest BCUT2D eigenvalue weighted by atomic mass is 16.5. The van der Waals surface area contributed by atoms with Crippen molar-refractivity contribution < 1.29 is 14.3 Å². The van der Waals surface area contributed by atoms with Crippen LogP contribution in [0.25, 0.3) is 0 Å². The van der Waals surface area contributed by atoms with E-state index < -0.39 is 0 Å². The summed E-state index contributed by atoms with van der Waals surface area (Å²) >= 11 is 0. The van der Waals surface area contributed by atoms with Gasteiger partial charge in [0.05, 0.1) is 12.8 Å². The molecule has 0 bridgehead atoms. The first-order valence-corrected chi connectivity index (χ1v) is 9.63. The Morgan fingerprint density at radius 2 is 1.86 bits per heavy atom. The number of hydrogen-bond donors (Lipinski definition) is 1. The van der Waals surface area contributed by atoms with E-state index in [1.54, 1.807) is 12.0 Å². The number of carbonyl (C=O) groups excluding carboxylic acids is 2. The summed E-state index contributed by atoms with van der Waals surface area (Å²) < 4.78 is 5.15. The normalized spacial score (nSPS) is 16.1. The topological polar surface area (TPSA) is 74.8 Å². The predicted octanol–water partition coefficient (Wildman–Crippen LogP) is 2.99. The number of rotatable bonds is 4. The van der Waals surface area contributed by atoms with Gasteiger partial charge in [-0.1, -0.05) is 12.1 Å². The van der Waals surface area contributed by atoms with Gasteiger partial charge in [-0.3, -0.25) is 9.69 Å². The molecule has 4 rings (SSSR count). The van der Waals surface area contributed by atoms with Gasteiger partial charge in [0.25, 0.3) is 0 Å². The van der Waals surface area contributed by atoms with Crippen molar-refractivity contribution in [2.75, 3.05) is 36.5 Å². The maximum absolute atomic E-state index is 12.7. The number of pyridine rings is 1. The Morgan fingerprint density at radius 3 is 2.57 bits per heavy atom. The summed E-state index contributed by atoms with van der Waals surface area (Å²) in [6.45, 7) is 2.70. The Hall–Kier alpha value is -3.09. The Kier molecular flexibility index (Phi) is 5.14. The number of hydrogen-bond acceptors (Lipinski definition) is 5. The number of urea groups is 1. The van der Waals surface area contributed by atoms with Crippen LogP contribution >= 0.6 is 0 Å². The smallest absolute Gasteiger partial charge is 0.322 e. The van der Waals surface area contributed by atoms with Gasteiger partial charge < -0.3 is 15.0 Å². The van der Waals surface area contributed by atoms with Gasteiger partial charge in [-0.25, -0.2) is 9.78 Å². The zero-order valence-electron chi connectivity index (χ0n) is 16.0. The summed E-state index contributed by atoms with van der Waals surface area (Å²) in [5.74, 6) is 1.60. The monoisotopic (exact) mass is 380 g/mol. The lowest BCUT2D eigenvalue weighted by atomic mass is 10.1.